The molecule has 2 unspecified atom stereocenters. The van der Waals surface area contributed by atoms with E-state index >= 15 is 0 Å². The molecule has 0 bridgehead atoms. The fourth-order valence-electron chi connectivity index (χ4n) is 2.63. The predicted octanol–water partition coefficient (Wildman–Crippen LogP) is 2.34. The molecule has 0 spiro atoms. The third-order valence-corrected chi connectivity index (χ3v) is 3.54. The van der Waals surface area contributed by atoms with Crippen LogP contribution in [0.4, 0.5) is 17.3 Å². The van der Waals surface area contributed by atoms with E-state index in [-0.39, 0.29) is 11.5 Å². The van der Waals surface area contributed by atoms with E-state index in [4.69, 9.17) is 5.73 Å². The van der Waals surface area contributed by atoms with Crippen molar-refractivity contribution in [2.75, 3.05) is 10.6 Å². The highest BCUT2D eigenvalue weighted by Crippen LogP contribution is 2.30. The van der Waals surface area contributed by atoms with Crippen LogP contribution in [0.1, 0.15) is 33.1 Å². The molecule has 2 atom stereocenters. The normalized spacial score (nSPS) is 24.0. The lowest BCUT2D eigenvalue weighted by Gasteiger charge is -2.40. The van der Waals surface area contributed by atoms with E-state index in [0.29, 0.717) is 12.1 Å². The topological polar surface area (TPSA) is 85.3 Å². The Kier molecular flexibility index (Phi) is 3.36. The molecule has 1 fully saturated rings. The Morgan fingerprint density at radius 2 is 2.00 bits per heavy atom. The Labute approximate surface area is 106 Å². The van der Waals surface area contributed by atoms with Gasteiger partial charge in [-0.25, -0.2) is 4.98 Å². The lowest BCUT2D eigenvalue weighted by Crippen LogP contribution is -2.44. The number of nitrogen functional groups attached to an aromatic ring is 1. The molecule has 98 valence electrons. The molecular formula is C12H18N4O2. The smallest absolute Gasteiger partial charge is 0.311 e. The molecule has 2 N–H and O–H groups in total. The largest absolute Gasteiger partial charge is 0.378 e. The van der Waals surface area contributed by atoms with E-state index in [2.05, 4.69) is 23.7 Å². The van der Waals surface area contributed by atoms with E-state index < -0.39 is 4.92 Å². The number of nitrogens with zero attached hydrogens (tertiary/aromatic N) is 3. The highest BCUT2D eigenvalue weighted by molar-refractivity contribution is 5.58. The summed E-state index contributed by atoms with van der Waals surface area (Å²) in [6.07, 6.45) is 3.44. The van der Waals surface area contributed by atoms with Crippen LogP contribution in [0.25, 0.3) is 0 Å². The van der Waals surface area contributed by atoms with E-state index in [1.165, 1.54) is 12.5 Å². The summed E-state index contributed by atoms with van der Waals surface area (Å²) in [4.78, 5) is 16.6. The van der Waals surface area contributed by atoms with E-state index in [9.17, 15) is 10.1 Å². The maximum atomic E-state index is 10.7. The van der Waals surface area contributed by atoms with Crippen molar-refractivity contribution in [3.05, 3.63) is 22.2 Å². The lowest BCUT2D eigenvalue weighted by atomic mass is 9.97. The summed E-state index contributed by atoms with van der Waals surface area (Å²) in [7, 11) is 0. The first-order valence-electron chi connectivity index (χ1n) is 6.20. The Bertz CT molecular complexity index is 453. The monoisotopic (exact) mass is 250 g/mol. The van der Waals surface area contributed by atoms with Gasteiger partial charge in [0, 0.05) is 18.2 Å². The first-order valence-corrected chi connectivity index (χ1v) is 6.20. The summed E-state index contributed by atoms with van der Waals surface area (Å²) in [5.41, 5.74) is 5.51. The van der Waals surface area contributed by atoms with Gasteiger partial charge in [0.05, 0.1) is 4.92 Å². The quantitative estimate of drug-likeness (QED) is 0.643. The second kappa shape index (κ2) is 4.80. The SMILES string of the molecule is CC1CCCC(C)N1c1ccc([N+](=O)[O-])c(N)n1. The van der Waals surface area contributed by atoms with Crippen molar-refractivity contribution in [1.82, 2.24) is 4.98 Å². The summed E-state index contributed by atoms with van der Waals surface area (Å²) >= 11 is 0. The molecule has 6 nitrogen and oxygen atoms in total. The zero-order valence-corrected chi connectivity index (χ0v) is 10.7. The minimum atomic E-state index is -0.505. The van der Waals surface area contributed by atoms with Gasteiger partial charge >= 0.3 is 5.69 Å². The molecule has 6 heteroatoms. The number of piperidine rings is 1. The lowest BCUT2D eigenvalue weighted by molar-refractivity contribution is -0.384. The number of anilines is 2. The van der Waals surface area contributed by atoms with E-state index in [0.717, 1.165) is 18.7 Å². The molecule has 0 aromatic carbocycles. The minimum absolute atomic E-state index is 0.0116. The molecule has 0 aliphatic carbocycles. The summed E-state index contributed by atoms with van der Waals surface area (Å²) in [6.45, 7) is 4.30. The standard InChI is InChI=1S/C12H18N4O2/c1-8-4-3-5-9(2)15(8)11-7-6-10(16(17)18)12(13)14-11/h6-9H,3-5H2,1-2H3,(H2,13,14). The van der Waals surface area contributed by atoms with Gasteiger partial charge in [0.25, 0.3) is 0 Å². The van der Waals surface area contributed by atoms with Crippen LogP contribution in [0, 0.1) is 10.1 Å². The molecule has 1 saturated heterocycles. The third-order valence-electron chi connectivity index (χ3n) is 3.54. The maximum Gasteiger partial charge on any atom is 0.311 e. The van der Waals surface area contributed by atoms with Crippen molar-refractivity contribution in [3.8, 4) is 0 Å². The van der Waals surface area contributed by atoms with Crippen LogP contribution in [-0.2, 0) is 0 Å². The second-order valence-corrected chi connectivity index (χ2v) is 4.87. The zero-order valence-electron chi connectivity index (χ0n) is 10.7. The van der Waals surface area contributed by atoms with Crippen LogP contribution < -0.4 is 10.6 Å². The molecule has 2 heterocycles. The summed E-state index contributed by atoms with van der Waals surface area (Å²) < 4.78 is 0. The summed E-state index contributed by atoms with van der Waals surface area (Å²) in [6, 6.07) is 3.91. The van der Waals surface area contributed by atoms with Crippen molar-refractivity contribution in [2.45, 2.75) is 45.2 Å². The minimum Gasteiger partial charge on any atom is -0.378 e. The van der Waals surface area contributed by atoms with Crippen molar-refractivity contribution in [2.24, 2.45) is 0 Å². The number of aromatic nitrogens is 1. The molecule has 18 heavy (non-hydrogen) atoms. The van der Waals surface area contributed by atoms with Gasteiger partial charge in [-0.3, -0.25) is 10.1 Å². The zero-order chi connectivity index (χ0) is 13.3. The first kappa shape index (κ1) is 12.6. The van der Waals surface area contributed by atoms with Gasteiger partial charge in [-0.1, -0.05) is 0 Å². The van der Waals surface area contributed by atoms with Crippen LogP contribution in [-0.4, -0.2) is 22.0 Å². The first-order chi connectivity index (χ1) is 8.50. The van der Waals surface area contributed by atoms with Gasteiger partial charge in [-0.05, 0) is 39.2 Å². The summed E-state index contributed by atoms with van der Waals surface area (Å²) in [5.74, 6) is 0.722. The molecule has 1 aromatic rings. The number of nitrogens with two attached hydrogens (primary N) is 1. The average Bonchev–Trinajstić information content (AvgIpc) is 2.28. The van der Waals surface area contributed by atoms with Crippen molar-refractivity contribution in [1.29, 1.82) is 0 Å². The summed E-state index contributed by atoms with van der Waals surface area (Å²) in [5, 5.41) is 10.7. The molecule has 1 aliphatic rings. The van der Waals surface area contributed by atoms with Crippen LogP contribution >= 0.6 is 0 Å². The predicted molar refractivity (Wildman–Crippen MR) is 70.6 cm³/mol. The number of hydrogen-bond donors (Lipinski definition) is 1. The fourth-order valence-corrected chi connectivity index (χ4v) is 2.63. The Morgan fingerprint density at radius 3 is 2.50 bits per heavy atom. The number of hydrogen-bond acceptors (Lipinski definition) is 5. The number of pyridine rings is 1. The molecule has 0 radical (unpaired) electrons. The average molecular weight is 250 g/mol. The Hall–Kier alpha value is -1.85. The molecular weight excluding hydrogens is 232 g/mol. The maximum absolute atomic E-state index is 10.7. The van der Waals surface area contributed by atoms with Crippen molar-refractivity contribution >= 4 is 17.3 Å². The van der Waals surface area contributed by atoms with Crippen LogP contribution in [0.15, 0.2) is 12.1 Å². The highest BCUT2D eigenvalue weighted by Gasteiger charge is 2.27. The molecule has 1 aromatic heterocycles. The highest BCUT2D eigenvalue weighted by atomic mass is 16.6. The second-order valence-electron chi connectivity index (χ2n) is 4.87. The van der Waals surface area contributed by atoms with Crippen LogP contribution in [0.2, 0.25) is 0 Å². The van der Waals surface area contributed by atoms with Gasteiger partial charge in [-0.15, -0.1) is 0 Å². The van der Waals surface area contributed by atoms with Gasteiger partial charge in [-0.2, -0.15) is 0 Å². The molecule has 1 aliphatic heterocycles. The molecule has 0 saturated carbocycles. The van der Waals surface area contributed by atoms with Gasteiger partial charge in [0.2, 0.25) is 5.82 Å². The van der Waals surface area contributed by atoms with Crippen molar-refractivity contribution in [3.63, 3.8) is 0 Å². The number of rotatable bonds is 2. The molecule has 0 amide bonds. The van der Waals surface area contributed by atoms with Crippen LogP contribution in [0.3, 0.4) is 0 Å². The van der Waals surface area contributed by atoms with Gasteiger partial charge < -0.3 is 10.6 Å². The number of nitro groups is 1. The van der Waals surface area contributed by atoms with Gasteiger partial charge in [0.1, 0.15) is 5.82 Å². The van der Waals surface area contributed by atoms with Crippen LogP contribution in [0.5, 0.6) is 0 Å². The van der Waals surface area contributed by atoms with E-state index in [1.807, 2.05) is 0 Å². The Balaban J connectivity index is 2.33. The third kappa shape index (κ3) is 2.23. The van der Waals surface area contributed by atoms with E-state index in [1.54, 1.807) is 6.07 Å². The molecule has 2 rings (SSSR count). The van der Waals surface area contributed by atoms with Gasteiger partial charge in [0.15, 0.2) is 0 Å². The Morgan fingerprint density at radius 1 is 1.39 bits per heavy atom. The fraction of sp³-hybridized carbons (Fsp3) is 0.583. The van der Waals surface area contributed by atoms with Crippen molar-refractivity contribution < 1.29 is 4.92 Å².